The van der Waals surface area contributed by atoms with E-state index in [2.05, 4.69) is 15.4 Å². The van der Waals surface area contributed by atoms with Gasteiger partial charge >= 0.3 is 11.7 Å². The van der Waals surface area contributed by atoms with Crippen LogP contribution in [0.2, 0.25) is 0 Å². The fraction of sp³-hybridized carbons (Fsp3) is 0.400. The number of alkyl halides is 5. The number of anilines is 1. The summed E-state index contributed by atoms with van der Waals surface area (Å²) in [4.78, 5) is 28.1. The van der Waals surface area contributed by atoms with E-state index in [-0.39, 0.29) is 22.1 Å². The molecule has 1 atom stereocenters. The number of hydrogen-bond acceptors (Lipinski definition) is 5. The van der Waals surface area contributed by atoms with Crippen molar-refractivity contribution in [2.45, 2.75) is 46.0 Å². The maximum atomic E-state index is 13.4. The average Bonchev–Trinajstić information content (AvgIpc) is 3.09. The summed E-state index contributed by atoms with van der Waals surface area (Å²) in [6, 6.07) is 0.190. The van der Waals surface area contributed by atoms with Crippen molar-refractivity contribution in [3.63, 3.8) is 0 Å². The highest BCUT2D eigenvalue weighted by Gasteiger charge is 2.39. The second-order valence-electron chi connectivity index (χ2n) is 7.16. The van der Waals surface area contributed by atoms with Crippen molar-refractivity contribution in [3.05, 3.63) is 34.9 Å². The van der Waals surface area contributed by atoms with E-state index in [1.807, 2.05) is 6.92 Å². The van der Waals surface area contributed by atoms with Crippen molar-refractivity contribution in [2.24, 2.45) is 0 Å². The second kappa shape index (κ2) is 9.16. The molecule has 0 aromatic carbocycles. The standard InChI is InChI=1S/C20H20F5N5O3/c1-4-29-8-13(12-5-18(27-11(3)31)26-7-15(12)29)14-6-16(33-9-17(21)22)19(32)30(28-14)10(2)20(23,24)25/h5-8,10,17H,4,9H2,1-3H3,(H,26,27,31)/t10-/m0/s1. The summed E-state index contributed by atoms with van der Waals surface area (Å²) in [7, 11) is 0. The molecule has 3 rings (SSSR count). The smallest absolute Gasteiger partial charge is 0.410 e. The molecule has 0 spiro atoms. The maximum Gasteiger partial charge on any atom is 0.410 e. The molecule has 0 saturated heterocycles. The van der Waals surface area contributed by atoms with Crippen LogP contribution < -0.4 is 15.6 Å². The third-order valence-electron chi connectivity index (χ3n) is 4.80. The Morgan fingerprint density at radius 1 is 1.27 bits per heavy atom. The van der Waals surface area contributed by atoms with Gasteiger partial charge in [0, 0.05) is 36.7 Å². The lowest BCUT2D eigenvalue weighted by molar-refractivity contribution is -0.166. The molecule has 1 N–H and O–H groups in total. The van der Waals surface area contributed by atoms with Gasteiger partial charge in [-0.15, -0.1) is 0 Å². The van der Waals surface area contributed by atoms with Gasteiger partial charge in [0.25, 0.3) is 6.43 Å². The number of aromatic nitrogens is 4. The Hall–Kier alpha value is -3.51. The highest BCUT2D eigenvalue weighted by molar-refractivity contribution is 5.98. The molecule has 33 heavy (non-hydrogen) atoms. The van der Waals surface area contributed by atoms with Gasteiger partial charge in [-0.3, -0.25) is 9.59 Å². The number of rotatable bonds is 7. The summed E-state index contributed by atoms with van der Waals surface area (Å²) in [5.41, 5.74) is -0.512. The quantitative estimate of drug-likeness (QED) is 0.524. The van der Waals surface area contributed by atoms with E-state index < -0.39 is 36.6 Å². The largest absolute Gasteiger partial charge is 0.482 e. The average molecular weight is 473 g/mol. The van der Waals surface area contributed by atoms with E-state index in [1.165, 1.54) is 19.2 Å². The number of pyridine rings is 1. The Labute approximate surface area is 184 Å². The van der Waals surface area contributed by atoms with Gasteiger partial charge in [0.1, 0.15) is 18.5 Å². The van der Waals surface area contributed by atoms with Crippen molar-refractivity contribution >= 4 is 22.6 Å². The zero-order chi connectivity index (χ0) is 24.5. The number of aryl methyl sites for hydroxylation is 1. The summed E-state index contributed by atoms with van der Waals surface area (Å²) in [6.07, 6.45) is -4.72. The van der Waals surface area contributed by atoms with Crippen molar-refractivity contribution in [2.75, 3.05) is 11.9 Å². The molecule has 13 heteroatoms. The lowest BCUT2D eigenvalue weighted by Crippen LogP contribution is -2.35. The minimum absolute atomic E-state index is 0.104. The first-order valence-electron chi connectivity index (χ1n) is 9.80. The van der Waals surface area contributed by atoms with Crippen molar-refractivity contribution < 1.29 is 31.5 Å². The fourth-order valence-electron chi connectivity index (χ4n) is 3.18. The summed E-state index contributed by atoms with van der Waals surface area (Å²) in [5, 5.41) is 6.86. The number of carbonyl (C=O) groups is 1. The van der Waals surface area contributed by atoms with Crippen LogP contribution in [0.15, 0.2) is 29.3 Å². The molecule has 3 aromatic heterocycles. The number of amides is 1. The van der Waals surface area contributed by atoms with Crippen LogP contribution in [0, 0.1) is 0 Å². The SMILES string of the molecule is CCn1cc(-c2cc(OCC(F)F)c(=O)n([C@@H](C)C(F)(F)F)n2)c2cc(NC(C)=O)ncc21. The van der Waals surface area contributed by atoms with Crippen LogP contribution in [0.3, 0.4) is 0 Å². The number of carbonyl (C=O) groups excluding carboxylic acids is 1. The summed E-state index contributed by atoms with van der Waals surface area (Å²) in [5.74, 6) is -0.882. The van der Waals surface area contributed by atoms with Crippen molar-refractivity contribution in [3.8, 4) is 17.0 Å². The normalized spacial score (nSPS) is 12.9. The van der Waals surface area contributed by atoms with E-state index in [4.69, 9.17) is 4.74 Å². The zero-order valence-electron chi connectivity index (χ0n) is 17.8. The molecule has 0 aliphatic rings. The Bertz CT molecular complexity index is 1240. The van der Waals surface area contributed by atoms with Crippen LogP contribution in [-0.4, -0.2) is 44.4 Å². The molecular weight excluding hydrogens is 453 g/mol. The van der Waals surface area contributed by atoms with Crippen LogP contribution in [-0.2, 0) is 11.3 Å². The molecule has 0 unspecified atom stereocenters. The van der Waals surface area contributed by atoms with Crippen molar-refractivity contribution in [1.82, 2.24) is 19.3 Å². The number of nitrogens with one attached hydrogen (secondary N) is 1. The van der Waals surface area contributed by atoms with Gasteiger partial charge in [0.05, 0.1) is 17.4 Å². The molecule has 0 aliphatic heterocycles. The van der Waals surface area contributed by atoms with Gasteiger partial charge in [0.2, 0.25) is 5.91 Å². The maximum absolute atomic E-state index is 13.4. The zero-order valence-corrected chi connectivity index (χ0v) is 17.8. The minimum Gasteiger partial charge on any atom is -0.482 e. The van der Waals surface area contributed by atoms with Crippen LogP contribution in [0.5, 0.6) is 5.75 Å². The van der Waals surface area contributed by atoms with E-state index in [0.29, 0.717) is 23.0 Å². The fourth-order valence-corrected chi connectivity index (χ4v) is 3.18. The predicted molar refractivity (Wildman–Crippen MR) is 109 cm³/mol. The van der Waals surface area contributed by atoms with Crippen LogP contribution >= 0.6 is 0 Å². The topological polar surface area (TPSA) is 91.0 Å². The first-order chi connectivity index (χ1) is 15.4. The Kier molecular flexibility index (Phi) is 6.70. The van der Waals surface area contributed by atoms with E-state index in [0.717, 1.165) is 13.0 Å². The van der Waals surface area contributed by atoms with Gasteiger partial charge in [-0.1, -0.05) is 0 Å². The number of hydrogen-bond donors (Lipinski definition) is 1. The minimum atomic E-state index is -4.82. The summed E-state index contributed by atoms with van der Waals surface area (Å²) in [6.45, 7) is 3.12. The van der Waals surface area contributed by atoms with Crippen molar-refractivity contribution in [1.29, 1.82) is 0 Å². The molecule has 1 amide bonds. The molecule has 178 valence electrons. The molecule has 0 saturated carbocycles. The number of halogens is 5. The highest BCUT2D eigenvalue weighted by Crippen LogP contribution is 2.33. The van der Waals surface area contributed by atoms with E-state index in [9.17, 15) is 31.5 Å². The van der Waals surface area contributed by atoms with Gasteiger partial charge in [-0.05, 0) is 19.9 Å². The molecular formula is C20H20F5N5O3. The Morgan fingerprint density at radius 2 is 1.97 bits per heavy atom. The molecule has 8 nitrogen and oxygen atoms in total. The van der Waals surface area contributed by atoms with Gasteiger partial charge < -0.3 is 14.6 Å². The van der Waals surface area contributed by atoms with Crippen LogP contribution in [0.25, 0.3) is 22.2 Å². The van der Waals surface area contributed by atoms with E-state index >= 15 is 0 Å². The summed E-state index contributed by atoms with van der Waals surface area (Å²) >= 11 is 0. The van der Waals surface area contributed by atoms with Crippen LogP contribution in [0.1, 0.15) is 26.8 Å². The Balaban J connectivity index is 2.27. The predicted octanol–water partition coefficient (Wildman–Crippen LogP) is 4.01. The van der Waals surface area contributed by atoms with Gasteiger partial charge in [-0.25, -0.2) is 18.4 Å². The number of fused-ring (bicyclic) bond motifs is 1. The third-order valence-corrected chi connectivity index (χ3v) is 4.80. The van der Waals surface area contributed by atoms with Gasteiger partial charge in [0.15, 0.2) is 5.75 Å². The number of nitrogens with zero attached hydrogens (tertiary/aromatic N) is 4. The monoisotopic (exact) mass is 473 g/mol. The summed E-state index contributed by atoms with van der Waals surface area (Å²) < 4.78 is 72.1. The van der Waals surface area contributed by atoms with Gasteiger partial charge in [-0.2, -0.15) is 18.3 Å². The lowest BCUT2D eigenvalue weighted by atomic mass is 10.1. The molecule has 0 bridgehead atoms. The first-order valence-corrected chi connectivity index (χ1v) is 9.80. The molecule has 0 fully saturated rings. The lowest BCUT2D eigenvalue weighted by Gasteiger charge is -2.19. The van der Waals surface area contributed by atoms with E-state index in [1.54, 1.807) is 10.8 Å². The molecule has 0 aliphatic carbocycles. The molecule has 0 radical (unpaired) electrons. The van der Waals surface area contributed by atoms with Crippen LogP contribution in [0.4, 0.5) is 27.8 Å². The molecule has 3 heterocycles. The second-order valence-corrected chi connectivity index (χ2v) is 7.16. The Morgan fingerprint density at radius 3 is 2.55 bits per heavy atom. The highest BCUT2D eigenvalue weighted by atomic mass is 19.4. The molecule has 3 aromatic rings. The first kappa shape index (κ1) is 24.1. The number of ether oxygens (including phenoxy) is 1. The third kappa shape index (κ3) is 5.12.